The summed E-state index contributed by atoms with van der Waals surface area (Å²) >= 11 is 0. The van der Waals surface area contributed by atoms with Gasteiger partial charge in [-0.25, -0.2) is 8.78 Å². The van der Waals surface area contributed by atoms with Crippen molar-refractivity contribution < 1.29 is 13.6 Å². The molecule has 70 valence electrons. The Hall–Kier alpha value is -1.45. The van der Waals surface area contributed by atoms with Gasteiger partial charge in [-0.15, -0.1) is 0 Å². The second-order valence-electron chi connectivity index (χ2n) is 2.64. The van der Waals surface area contributed by atoms with Crippen LogP contribution in [-0.2, 0) is 4.79 Å². The minimum absolute atomic E-state index is 0.0859. The molecule has 0 spiro atoms. The van der Waals surface area contributed by atoms with Gasteiger partial charge in [-0.05, 0) is 12.1 Å². The van der Waals surface area contributed by atoms with Crippen LogP contribution in [0.1, 0.15) is 0 Å². The second-order valence-corrected chi connectivity index (χ2v) is 2.64. The predicted octanol–water partition coefficient (Wildman–Crippen LogP) is 1.60. The smallest absolute Gasteiger partial charge is 0.149 e. The highest BCUT2D eigenvalue weighted by molar-refractivity contribution is 5.61. The van der Waals surface area contributed by atoms with Crippen LogP contribution in [0, 0.1) is 11.6 Å². The zero-order chi connectivity index (χ0) is 9.84. The number of likely N-dealkylation sites (N-methyl/N-ethyl adjacent to an activating group) is 1. The third-order valence-electron chi connectivity index (χ3n) is 1.67. The maximum atomic E-state index is 13.0. The molecule has 1 rings (SSSR count). The molecule has 13 heavy (non-hydrogen) atoms. The Morgan fingerprint density at radius 2 is 2.15 bits per heavy atom. The van der Waals surface area contributed by atoms with E-state index >= 15 is 0 Å². The molecule has 0 unspecified atom stereocenters. The van der Waals surface area contributed by atoms with Crippen molar-refractivity contribution in [3.63, 3.8) is 0 Å². The van der Waals surface area contributed by atoms with Crippen LogP contribution in [0.3, 0.4) is 0 Å². The summed E-state index contributed by atoms with van der Waals surface area (Å²) in [4.78, 5) is 11.5. The fraction of sp³-hybridized carbons (Fsp3) is 0.222. The summed E-state index contributed by atoms with van der Waals surface area (Å²) in [6.07, 6.45) is 0.656. The third-order valence-corrected chi connectivity index (χ3v) is 1.67. The van der Waals surface area contributed by atoms with Crippen molar-refractivity contribution in [3.8, 4) is 0 Å². The van der Waals surface area contributed by atoms with Crippen molar-refractivity contribution in [1.82, 2.24) is 0 Å². The lowest BCUT2D eigenvalue weighted by atomic mass is 10.3. The first kappa shape index (κ1) is 9.64. The average molecular weight is 185 g/mol. The van der Waals surface area contributed by atoms with Gasteiger partial charge in [0.1, 0.15) is 17.9 Å². The number of hydrogen-bond acceptors (Lipinski definition) is 2. The second kappa shape index (κ2) is 3.98. The fourth-order valence-corrected chi connectivity index (χ4v) is 1.00. The SMILES string of the molecule is CN(CC=O)c1ccc(F)cc1F. The molecule has 0 saturated carbocycles. The summed E-state index contributed by atoms with van der Waals surface area (Å²) in [5.74, 6) is -1.29. The Morgan fingerprint density at radius 1 is 1.46 bits per heavy atom. The summed E-state index contributed by atoms with van der Waals surface area (Å²) in [7, 11) is 1.56. The van der Waals surface area contributed by atoms with Crippen LogP contribution >= 0.6 is 0 Å². The van der Waals surface area contributed by atoms with E-state index in [-0.39, 0.29) is 12.2 Å². The lowest BCUT2D eigenvalue weighted by Gasteiger charge is -2.16. The molecule has 0 atom stereocenters. The van der Waals surface area contributed by atoms with E-state index in [1.807, 2.05) is 0 Å². The Labute approximate surface area is 74.8 Å². The van der Waals surface area contributed by atoms with E-state index in [4.69, 9.17) is 0 Å². The van der Waals surface area contributed by atoms with E-state index in [2.05, 4.69) is 0 Å². The number of anilines is 1. The number of aldehydes is 1. The number of nitrogens with zero attached hydrogens (tertiary/aromatic N) is 1. The minimum atomic E-state index is -0.663. The molecule has 4 heteroatoms. The van der Waals surface area contributed by atoms with Gasteiger partial charge in [-0.1, -0.05) is 0 Å². The normalized spacial score (nSPS) is 9.77. The van der Waals surface area contributed by atoms with Crippen LogP contribution in [-0.4, -0.2) is 19.9 Å². The van der Waals surface area contributed by atoms with Gasteiger partial charge < -0.3 is 9.69 Å². The van der Waals surface area contributed by atoms with Gasteiger partial charge in [0.2, 0.25) is 0 Å². The Morgan fingerprint density at radius 3 is 2.69 bits per heavy atom. The van der Waals surface area contributed by atoms with Gasteiger partial charge >= 0.3 is 0 Å². The van der Waals surface area contributed by atoms with E-state index in [1.165, 1.54) is 11.0 Å². The standard InChI is InChI=1S/C9H9F2NO/c1-12(4-5-13)9-3-2-7(10)6-8(9)11/h2-3,5-6H,4H2,1H3. The highest BCUT2D eigenvalue weighted by atomic mass is 19.1. The summed E-state index contributed by atoms with van der Waals surface area (Å²) in [6, 6.07) is 3.24. The number of rotatable bonds is 3. The van der Waals surface area contributed by atoms with Gasteiger partial charge in [0.05, 0.1) is 12.2 Å². The van der Waals surface area contributed by atoms with Gasteiger partial charge in [0, 0.05) is 13.1 Å². The number of carbonyl (C=O) groups excluding carboxylic acids is 1. The van der Waals surface area contributed by atoms with Gasteiger partial charge in [0.15, 0.2) is 0 Å². The minimum Gasteiger partial charge on any atom is -0.365 e. The summed E-state index contributed by atoms with van der Waals surface area (Å²) in [6.45, 7) is 0.0859. The van der Waals surface area contributed by atoms with Crippen molar-refractivity contribution in [2.24, 2.45) is 0 Å². The third kappa shape index (κ3) is 2.24. The monoisotopic (exact) mass is 185 g/mol. The molecule has 1 aromatic rings. The van der Waals surface area contributed by atoms with Crippen LogP contribution in [0.4, 0.5) is 14.5 Å². The summed E-state index contributed by atoms with van der Waals surface area (Å²) in [5.41, 5.74) is 0.216. The zero-order valence-electron chi connectivity index (χ0n) is 7.13. The summed E-state index contributed by atoms with van der Waals surface area (Å²) in [5, 5.41) is 0. The first-order valence-corrected chi connectivity index (χ1v) is 3.75. The first-order valence-electron chi connectivity index (χ1n) is 3.75. The molecule has 0 aliphatic carbocycles. The molecule has 0 aliphatic rings. The van der Waals surface area contributed by atoms with Crippen LogP contribution in [0.2, 0.25) is 0 Å². The zero-order valence-corrected chi connectivity index (χ0v) is 7.13. The molecular formula is C9H9F2NO. The molecule has 0 radical (unpaired) electrons. The fourth-order valence-electron chi connectivity index (χ4n) is 1.00. The van der Waals surface area contributed by atoms with E-state index in [1.54, 1.807) is 7.05 Å². The Kier molecular flexibility index (Phi) is 2.95. The molecule has 2 nitrogen and oxygen atoms in total. The maximum absolute atomic E-state index is 13.0. The molecule has 0 amide bonds. The Bertz CT molecular complexity index is 314. The van der Waals surface area contributed by atoms with Crippen molar-refractivity contribution >= 4 is 12.0 Å². The average Bonchev–Trinajstić information content (AvgIpc) is 2.04. The van der Waals surface area contributed by atoms with Gasteiger partial charge in [0.25, 0.3) is 0 Å². The van der Waals surface area contributed by atoms with E-state index in [0.717, 1.165) is 12.1 Å². The van der Waals surface area contributed by atoms with Crippen LogP contribution in [0.25, 0.3) is 0 Å². The van der Waals surface area contributed by atoms with Crippen molar-refractivity contribution in [1.29, 1.82) is 0 Å². The lowest BCUT2D eigenvalue weighted by molar-refractivity contribution is -0.106. The molecular weight excluding hydrogens is 176 g/mol. The summed E-state index contributed by atoms with van der Waals surface area (Å²) < 4.78 is 25.5. The predicted molar refractivity (Wildman–Crippen MR) is 45.7 cm³/mol. The van der Waals surface area contributed by atoms with Crippen LogP contribution in [0.5, 0.6) is 0 Å². The van der Waals surface area contributed by atoms with E-state index < -0.39 is 11.6 Å². The van der Waals surface area contributed by atoms with Crippen LogP contribution < -0.4 is 4.90 Å². The van der Waals surface area contributed by atoms with E-state index in [9.17, 15) is 13.6 Å². The maximum Gasteiger partial charge on any atom is 0.149 e. The molecule has 1 aromatic carbocycles. The molecule has 0 fully saturated rings. The molecule has 0 N–H and O–H groups in total. The number of benzene rings is 1. The highest BCUT2D eigenvalue weighted by Gasteiger charge is 2.07. The quantitative estimate of drug-likeness (QED) is 0.666. The van der Waals surface area contributed by atoms with Crippen molar-refractivity contribution in [3.05, 3.63) is 29.8 Å². The first-order chi connectivity index (χ1) is 6.15. The molecule has 0 heterocycles. The Balaban J connectivity index is 2.94. The van der Waals surface area contributed by atoms with E-state index in [0.29, 0.717) is 6.29 Å². The lowest BCUT2D eigenvalue weighted by Crippen LogP contribution is -2.20. The molecule has 0 saturated heterocycles. The number of halogens is 2. The van der Waals surface area contributed by atoms with Crippen molar-refractivity contribution in [2.75, 3.05) is 18.5 Å². The number of carbonyl (C=O) groups is 1. The van der Waals surface area contributed by atoms with Gasteiger partial charge in [-0.3, -0.25) is 0 Å². The molecule has 0 aromatic heterocycles. The van der Waals surface area contributed by atoms with Gasteiger partial charge in [-0.2, -0.15) is 0 Å². The molecule has 0 bridgehead atoms. The highest BCUT2D eigenvalue weighted by Crippen LogP contribution is 2.17. The topological polar surface area (TPSA) is 20.3 Å². The molecule has 0 aliphatic heterocycles. The van der Waals surface area contributed by atoms with Crippen molar-refractivity contribution in [2.45, 2.75) is 0 Å². The number of hydrogen-bond donors (Lipinski definition) is 0. The largest absolute Gasteiger partial charge is 0.365 e. The van der Waals surface area contributed by atoms with Crippen LogP contribution in [0.15, 0.2) is 18.2 Å².